The molecular formula is C15H20N4O2. The summed E-state index contributed by atoms with van der Waals surface area (Å²) in [6, 6.07) is 5.77. The van der Waals surface area contributed by atoms with Crippen LogP contribution in [-0.4, -0.2) is 54.7 Å². The molecule has 6 heteroatoms. The van der Waals surface area contributed by atoms with E-state index in [2.05, 4.69) is 20.9 Å². The molecule has 0 amide bonds. The minimum atomic E-state index is -0.471. The second-order valence-electron chi connectivity index (χ2n) is 5.51. The molecule has 0 unspecified atom stereocenters. The summed E-state index contributed by atoms with van der Waals surface area (Å²) < 4.78 is 4.80. The third-order valence-corrected chi connectivity index (χ3v) is 3.84. The highest BCUT2D eigenvalue weighted by Gasteiger charge is 2.31. The Labute approximate surface area is 124 Å². The number of methoxy groups -OCH3 is 1. The van der Waals surface area contributed by atoms with Crippen LogP contribution in [0.4, 0.5) is 5.82 Å². The molecular weight excluding hydrogens is 268 g/mol. The van der Waals surface area contributed by atoms with E-state index in [4.69, 9.17) is 4.74 Å². The highest BCUT2D eigenvalue weighted by atomic mass is 16.5. The summed E-state index contributed by atoms with van der Waals surface area (Å²) in [7, 11) is 1.37. The van der Waals surface area contributed by atoms with E-state index in [0.29, 0.717) is 11.4 Å². The molecule has 0 N–H and O–H groups in total. The van der Waals surface area contributed by atoms with Gasteiger partial charge in [0.2, 0.25) is 0 Å². The molecule has 1 fully saturated rings. The van der Waals surface area contributed by atoms with Gasteiger partial charge in [-0.25, -0.2) is 9.78 Å². The molecule has 6 nitrogen and oxygen atoms in total. The van der Waals surface area contributed by atoms with Crippen LogP contribution in [0.2, 0.25) is 0 Å². The van der Waals surface area contributed by atoms with Gasteiger partial charge in [0.15, 0.2) is 0 Å². The average Bonchev–Trinajstić information content (AvgIpc) is 2.54. The summed E-state index contributed by atoms with van der Waals surface area (Å²) in [6.07, 6.45) is 1.67. The van der Waals surface area contributed by atoms with Gasteiger partial charge in [0, 0.05) is 32.4 Å². The monoisotopic (exact) mass is 288 g/mol. The number of nitrogens with zero attached hydrogens (tertiary/aromatic N) is 4. The quantitative estimate of drug-likeness (QED) is 0.781. The number of pyridine rings is 1. The molecule has 2 heterocycles. The van der Waals surface area contributed by atoms with E-state index in [-0.39, 0.29) is 5.97 Å². The number of carbonyl (C=O) groups is 1. The Morgan fingerprint density at radius 2 is 2.05 bits per heavy atom. The van der Waals surface area contributed by atoms with Gasteiger partial charge in [-0.1, -0.05) is 0 Å². The van der Waals surface area contributed by atoms with E-state index in [1.165, 1.54) is 7.11 Å². The number of carbonyl (C=O) groups excluding carboxylic acids is 1. The number of esters is 1. The van der Waals surface area contributed by atoms with Crippen LogP contribution in [-0.2, 0) is 4.74 Å². The van der Waals surface area contributed by atoms with Crippen molar-refractivity contribution in [3.63, 3.8) is 0 Å². The Bertz CT molecular complexity index is 557. The Morgan fingerprint density at radius 3 is 2.62 bits per heavy atom. The van der Waals surface area contributed by atoms with Crippen molar-refractivity contribution >= 4 is 11.8 Å². The van der Waals surface area contributed by atoms with Crippen molar-refractivity contribution in [1.29, 1.82) is 5.26 Å². The number of nitriles is 1. The lowest BCUT2D eigenvalue weighted by molar-refractivity contribution is 0.0600. The van der Waals surface area contributed by atoms with Crippen LogP contribution in [0.1, 0.15) is 24.2 Å². The Morgan fingerprint density at radius 1 is 1.38 bits per heavy atom. The molecule has 0 spiro atoms. The standard InChI is InChI=1S/C15H20N4O2/c1-15(2,11-16)19-9-7-18(8-10-19)13-12(14(20)21-3)5-4-6-17-13/h4-6H,7-10H2,1-3H3. The van der Waals surface area contributed by atoms with Gasteiger partial charge in [-0.3, -0.25) is 4.90 Å². The van der Waals surface area contributed by atoms with Crippen molar-refractivity contribution in [3.05, 3.63) is 23.9 Å². The average molecular weight is 288 g/mol. The van der Waals surface area contributed by atoms with E-state index in [0.717, 1.165) is 26.2 Å². The van der Waals surface area contributed by atoms with Crippen LogP contribution in [0.3, 0.4) is 0 Å². The zero-order valence-electron chi connectivity index (χ0n) is 12.7. The van der Waals surface area contributed by atoms with Gasteiger partial charge < -0.3 is 9.64 Å². The lowest BCUT2D eigenvalue weighted by Crippen LogP contribution is -2.54. The van der Waals surface area contributed by atoms with E-state index >= 15 is 0 Å². The number of rotatable bonds is 3. The maximum absolute atomic E-state index is 11.8. The van der Waals surface area contributed by atoms with Crippen LogP contribution in [0.5, 0.6) is 0 Å². The Hall–Kier alpha value is -2.13. The van der Waals surface area contributed by atoms with Crippen molar-refractivity contribution in [2.75, 3.05) is 38.2 Å². The molecule has 21 heavy (non-hydrogen) atoms. The number of aromatic nitrogens is 1. The maximum Gasteiger partial charge on any atom is 0.341 e. The molecule has 0 radical (unpaired) electrons. The fraction of sp³-hybridized carbons (Fsp3) is 0.533. The van der Waals surface area contributed by atoms with Crippen molar-refractivity contribution in [1.82, 2.24) is 9.88 Å². The molecule has 1 aliphatic heterocycles. The number of anilines is 1. The van der Waals surface area contributed by atoms with Crippen LogP contribution in [0, 0.1) is 11.3 Å². The Balaban J connectivity index is 2.13. The van der Waals surface area contributed by atoms with Crippen LogP contribution in [0.15, 0.2) is 18.3 Å². The lowest BCUT2D eigenvalue weighted by atomic mass is 10.0. The number of hydrogen-bond donors (Lipinski definition) is 0. The number of piperazine rings is 1. The predicted octanol–water partition coefficient (Wildman–Crippen LogP) is 1.29. The first kappa shape index (κ1) is 15.3. The van der Waals surface area contributed by atoms with Gasteiger partial charge in [0.25, 0.3) is 0 Å². The first-order valence-corrected chi connectivity index (χ1v) is 6.94. The van der Waals surface area contributed by atoms with Gasteiger partial charge in [0.05, 0.1) is 13.2 Å². The first-order valence-electron chi connectivity index (χ1n) is 6.94. The molecule has 0 bridgehead atoms. The second-order valence-corrected chi connectivity index (χ2v) is 5.51. The fourth-order valence-corrected chi connectivity index (χ4v) is 2.47. The van der Waals surface area contributed by atoms with E-state index in [1.54, 1.807) is 18.3 Å². The third-order valence-electron chi connectivity index (χ3n) is 3.84. The second kappa shape index (κ2) is 6.10. The van der Waals surface area contributed by atoms with Gasteiger partial charge >= 0.3 is 5.97 Å². The molecule has 112 valence electrons. The first-order chi connectivity index (χ1) is 9.99. The SMILES string of the molecule is COC(=O)c1cccnc1N1CCN(C(C)(C)C#N)CC1. The van der Waals surface area contributed by atoms with E-state index in [9.17, 15) is 10.1 Å². The molecule has 0 aliphatic carbocycles. The smallest absolute Gasteiger partial charge is 0.341 e. The van der Waals surface area contributed by atoms with Gasteiger partial charge in [-0.2, -0.15) is 5.26 Å². The van der Waals surface area contributed by atoms with Crippen molar-refractivity contribution in [3.8, 4) is 6.07 Å². The van der Waals surface area contributed by atoms with Crippen molar-refractivity contribution in [2.24, 2.45) is 0 Å². The molecule has 2 rings (SSSR count). The maximum atomic E-state index is 11.8. The van der Waals surface area contributed by atoms with Crippen LogP contribution >= 0.6 is 0 Å². The summed E-state index contributed by atoms with van der Waals surface area (Å²) in [5.74, 6) is 0.275. The van der Waals surface area contributed by atoms with E-state index < -0.39 is 5.54 Å². The molecule has 1 aromatic heterocycles. The van der Waals surface area contributed by atoms with Gasteiger partial charge in [-0.15, -0.1) is 0 Å². The zero-order chi connectivity index (χ0) is 15.5. The molecule has 1 saturated heterocycles. The minimum Gasteiger partial charge on any atom is -0.465 e. The summed E-state index contributed by atoms with van der Waals surface area (Å²) in [4.78, 5) is 20.3. The largest absolute Gasteiger partial charge is 0.465 e. The zero-order valence-corrected chi connectivity index (χ0v) is 12.7. The topological polar surface area (TPSA) is 69.5 Å². The molecule has 0 atom stereocenters. The number of hydrogen-bond acceptors (Lipinski definition) is 6. The van der Waals surface area contributed by atoms with E-state index in [1.807, 2.05) is 13.8 Å². The Kier molecular flexibility index (Phi) is 4.43. The highest BCUT2D eigenvalue weighted by Crippen LogP contribution is 2.22. The van der Waals surface area contributed by atoms with Crippen LogP contribution in [0.25, 0.3) is 0 Å². The predicted molar refractivity (Wildman–Crippen MR) is 79.1 cm³/mol. The highest BCUT2D eigenvalue weighted by molar-refractivity contribution is 5.94. The molecule has 0 aromatic carbocycles. The third kappa shape index (κ3) is 3.14. The summed E-state index contributed by atoms with van der Waals surface area (Å²) in [5, 5.41) is 9.20. The van der Waals surface area contributed by atoms with Crippen molar-refractivity contribution in [2.45, 2.75) is 19.4 Å². The van der Waals surface area contributed by atoms with Gasteiger partial charge in [-0.05, 0) is 26.0 Å². The van der Waals surface area contributed by atoms with Crippen molar-refractivity contribution < 1.29 is 9.53 Å². The van der Waals surface area contributed by atoms with Gasteiger partial charge in [0.1, 0.15) is 16.9 Å². The van der Waals surface area contributed by atoms with Crippen LogP contribution < -0.4 is 4.90 Å². The fourth-order valence-electron chi connectivity index (χ4n) is 2.47. The minimum absolute atomic E-state index is 0.377. The summed E-state index contributed by atoms with van der Waals surface area (Å²) in [6.45, 7) is 6.82. The summed E-state index contributed by atoms with van der Waals surface area (Å²) in [5.41, 5.74) is 0.00878. The molecule has 1 aliphatic rings. The summed E-state index contributed by atoms with van der Waals surface area (Å²) >= 11 is 0. The number of ether oxygens (including phenoxy) is 1. The normalized spacial score (nSPS) is 16.4. The molecule has 1 aromatic rings. The lowest BCUT2D eigenvalue weighted by Gasteiger charge is -2.41. The molecule has 0 saturated carbocycles.